The summed E-state index contributed by atoms with van der Waals surface area (Å²) >= 11 is 7.52. The summed E-state index contributed by atoms with van der Waals surface area (Å²) in [5.74, 6) is 0. The molecule has 0 aliphatic rings. The number of hydrogen-bond acceptors (Lipinski definition) is 4. The van der Waals surface area contributed by atoms with Gasteiger partial charge < -0.3 is 0 Å². The fraction of sp³-hybridized carbons (Fsp3) is 0.0556. The Labute approximate surface area is 149 Å². The third-order valence-electron chi connectivity index (χ3n) is 3.19. The van der Waals surface area contributed by atoms with Crippen LogP contribution in [0.2, 0.25) is 5.02 Å². The van der Waals surface area contributed by atoms with Gasteiger partial charge in [0.2, 0.25) is 4.80 Å². The summed E-state index contributed by atoms with van der Waals surface area (Å²) in [5, 5.41) is 7.33. The molecule has 0 aliphatic heterocycles. The van der Waals surface area contributed by atoms with Gasteiger partial charge in [0.15, 0.2) is 0 Å². The van der Waals surface area contributed by atoms with E-state index in [1.807, 2.05) is 46.5 Å². The summed E-state index contributed by atoms with van der Waals surface area (Å²) in [6, 6.07) is 11.5. The monoisotopic (exact) mass is 354 g/mol. The van der Waals surface area contributed by atoms with Crippen molar-refractivity contribution in [2.75, 3.05) is 6.54 Å². The second-order valence-corrected chi connectivity index (χ2v) is 6.16. The number of nitrogens with zero attached hydrogens (tertiary/aromatic N) is 4. The van der Waals surface area contributed by atoms with E-state index in [1.54, 1.807) is 24.7 Å². The van der Waals surface area contributed by atoms with Gasteiger partial charge in [0, 0.05) is 33.9 Å². The number of halogens is 1. The first-order chi connectivity index (χ1) is 11.8. The highest BCUT2D eigenvalue weighted by Gasteiger charge is 2.07. The minimum Gasteiger partial charge on any atom is -0.264 e. The fourth-order valence-corrected chi connectivity index (χ4v) is 3.03. The van der Waals surface area contributed by atoms with Crippen LogP contribution in [0.5, 0.6) is 0 Å². The molecule has 1 aromatic carbocycles. The zero-order valence-electron chi connectivity index (χ0n) is 12.8. The quantitative estimate of drug-likeness (QED) is 0.499. The van der Waals surface area contributed by atoms with E-state index < -0.39 is 0 Å². The molecular weight excluding hydrogens is 340 g/mol. The van der Waals surface area contributed by atoms with Gasteiger partial charge in [-0.05, 0) is 18.2 Å². The Hall–Kier alpha value is -2.50. The lowest BCUT2D eigenvalue weighted by Gasteiger charge is -2.03. The van der Waals surface area contributed by atoms with E-state index in [-0.39, 0.29) is 0 Å². The molecule has 0 spiro atoms. The zero-order valence-corrected chi connectivity index (χ0v) is 14.4. The first-order valence-electron chi connectivity index (χ1n) is 7.30. The molecule has 0 unspecified atom stereocenters. The van der Waals surface area contributed by atoms with E-state index in [0.717, 1.165) is 21.6 Å². The Bertz CT molecular complexity index is 908. The molecule has 0 radical (unpaired) electrons. The van der Waals surface area contributed by atoms with Crippen molar-refractivity contribution < 1.29 is 0 Å². The standard InChI is InChI=1S/C18H15ClN4S/c1-2-9-21-18-23(22-12-14-4-3-10-20-11-14)17(13-24-18)15-5-7-16(19)8-6-15/h2-8,10-13H,1,9H2. The van der Waals surface area contributed by atoms with Crippen LogP contribution in [0.3, 0.4) is 0 Å². The Morgan fingerprint density at radius 2 is 2.08 bits per heavy atom. The predicted molar refractivity (Wildman–Crippen MR) is 101 cm³/mol. The maximum Gasteiger partial charge on any atom is 0.206 e. The van der Waals surface area contributed by atoms with Crippen molar-refractivity contribution in [3.8, 4) is 11.3 Å². The Morgan fingerprint density at radius 1 is 1.25 bits per heavy atom. The van der Waals surface area contributed by atoms with Crippen LogP contribution in [-0.2, 0) is 0 Å². The summed E-state index contributed by atoms with van der Waals surface area (Å²) in [7, 11) is 0. The van der Waals surface area contributed by atoms with Gasteiger partial charge in [0.25, 0.3) is 0 Å². The fourth-order valence-electron chi connectivity index (χ4n) is 2.06. The van der Waals surface area contributed by atoms with E-state index in [0.29, 0.717) is 11.6 Å². The molecule has 3 aromatic rings. The third-order valence-corrected chi connectivity index (χ3v) is 4.29. The maximum absolute atomic E-state index is 5.98. The molecule has 0 N–H and O–H groups in total. The summed E-state index contributed by atoms with van der Waals surface area (Å²) in [6.07, 6.45) is 7.03. The smallest absolute Gasteiger partial charge is 0.206 e. The average molecular weight is 355 g/mol. The first-order valence-corrected chi connectivity index (χ1v) is 8.56. The number of aromatic nitrogens is 2. The van der Waals surface area contributed by atoms with E-state index >= 15 is 0 Å². The van der Waals surface area contributed by atoms with E-state index in [4.69, 9.17) is 11.6 Å². The predicted octanol–water partition coefficient (Wildman–Crippen LogP) is 4.23. The molecule has 0 saturated heterocycles. The molecule has 2 heterocycles. The van der Waals surface area contributed by atoms with Gasteiger partial charge in [-0.3, -0.25) is 9.98 Å². The van der Waals surface area contributed by atoms with E-state index in [1.165, 1.54) is 11.3 Å². The highest BCUT2D eigenvalue weighted by molar-refractivity contribution is 7.07. The molecule has 0 aliphatic carbocycles. The van der Waals surface area contributed by atoms with Gasteiger partial charge in [-0.25, -0.2) is 4.68 Å². The van der Waals surface area contributed by atoms with Crippen LogP contribution in [0, 0.1) is 0 Å². The molecule has 2 aromatic heterocycles. The van der Waals surface area contributed by atoms with Crippen molar-refractivity contribution in [1.29, 1.82) is 0 Å². The average Bonchev–Trinajstić information content (AvgIpc) is 3.02. The van der Waals surface area contributed by atoms with Crippen LogP contribution in [-0.4, -0.2) is 22.4 Å². The second kappa shape index (κ2) is 7.86. The van der Waals surface area contributed by atoms with Crippen LogP contribution in [0.25, 0.3) is 11.3 Å². The van der Waals surface area contributed by atoms with Crippen LogP contribution in [0.4, 0.5) is 0 Å². The van der Waals surface area contributed by atoms with Crippen LogP contribution in [0.1, 0.15) is 5.56 Å². The molecular formula is C18H15ClN4S. The molecule has 0 fully saturated rings. The van der Waals surface area contributed by atoms with Gasteiger partial charge in [-0.15, -0.1) is 17.9 Å². The van der Waals surface area contributed by atoms with Crippen LogP contribution in [0.15, 0.2) is 76.9 Å². The van der Waals surface area contributed by atoms with Crippen molar-refractivity contribution >= 4 is 29.2 Å². The maximum atomic E-state index is 5.98. The first kappa shape index (κ1) is 16.4. The summed E-state index contributed by atoms with van der Waals surface area (Å²) < 4.78 is 1.82. The minimum atomic E-state index is 0.545. The van der Waals surface area contributed by atoms with Crippen molar-refractivity contribution in [3.05, 3.63) is 82.2 Å². The van der Waals surface area contributed by atoms with Gasteiger partial charge in [0.05, 0.1) is 18.5 Å². The van der Waals surface area contributed by atoms with Crippen molar-refractivity contribution in [3.63, 3.8) is 0 Å². The van der Waals surface area contributed by atoms with Crippen molar-refractivity contribution in [2.45, 2.75) is 0 Å². The lowest BCUT2D eigenvalue weighted by atomic mass is 10.2. The Balaban J connectivity index is 2.06. The lowest BCUT2D eigenvalue weighted by molar-refractivity contribution is 0.840. The van der Waals surface area contributed by atoms with Gasteiger partial charge in [-0.1, -0.05) is 35.9 Å². The number of rotatable bonds is 5. The minimum absolute atomic E-state index is 0.545. The van der Waals surface area contributed by atoms with Crippen molar-refractivity contribution in [2.24, 2.45) is 10.1 Å². The molecule has 120 valence electrons. The molecule has 4 nitrogen and oxygen atoms in total. The molecule has 24 heavy (non-hydrogen) atoms. The number of pyridine rings is 1. The Morgan fingerprint density at radius 3 is 2.79 bits per heavy atom. The third kappa shape index (κ3) is 3.88. The molecule has 3 rings (SSSR count). The van der Waals surface area contributed by atoms with Crippen LogP contribution < -0.4 is 4.80 Å². The SMILES string of the molecule is C=CCN=c1scc(-c2ccc(Cl)cc2)n1N=Cc1cccnc1. The topological polar surface area (TPSA) is 42.5 Å². The number of hydrogen-bond donors (Lipinski definition) is 0. The summed E-state index contributed by atoms with van der Waals surface area (Å²) in [5.41, 5.74) is 2.91. The molecule has 0 saturated carbocycles. The zero-order chi connectivity index (χ0) is 16.8. The van der Waals surface area contributed by atoms with Gasteiger partial charge >= 0.3 is 0 Å². The van der Waals surface area contributed by atoms with E-state index in [9.17, 15) is 0 Å². The molecule has 0 bridgehead atoms. The lowest BCUT2D eigenvalue weighted by Crippen LogP contribution is -2.12. The normalized spacial score (nSPS) is 12.0. The Kier molecular flexibility index (Phi) is 5.36. The van der Waals surface area contributed by atoms with Crippen LogP contribution >= 0.6 is 22.9 Å². The molecule has 0 amide bonds. The van der Waals surface area contributed by atoms with E-state index in [2.05, 4.69) is 21.7 Å². The van der Waals surface area contributed by atoms with Gasteiger partial charge in [0.1, 0.15) is 0 Å². The summed E-state index contributed by atoms with van der Waals surface area (Å²) in [4.78, 5) is 9.41. The molecule has 0 atom stereocenters. The largest absolute Gasteiger partial charge is 0.264 e. The second-order valence-electron chi connectivity index (χ2n) is 4.88. The van der Waals surface area contributed by atoms with Gasteiger partial charge in [-0.2, -0.15) is 5.10 Å². The van der Waals surface area contributed by atoms with Crippen molar-refractivity contribution in [1.82, 2.24) is 9.66 Å². The number of benzene rings is 1. The highest BCUT2D eigenvalue weighted by Crippen LogP contribution is 2.22. The highest BCUT2D eigenvalue weighted by atomic mass is 35.5. The summed E-state index contributed by atoms with van der Waals surface area (Å²) in [6.45, 7) is 4.26. The molecule has 6 heteroatoms. The number of thiazole rings is 1.